The molecule has 0 saturated carbocycles. The van der Waals surface area contributed by atoms with Crippen LogP contribution in [0.2, 0.25) is 0 Å². The maximum atomic E-state index is 12.2. The van der Waals surface area contributed by atoms with Crippen molar-refractivity contribution >= 4 is 11.8 Å². The predicted octanol–water partition coefficient (Wildman–Crippen LogP) is 3.50. The van der Waals surface area contributed by atoms with Crippen LogP contribution in [0.3, 0.4) is 0 Å². The molecule has 1 aromatic rings. The van der Waals surface area contributed by atoms with Gasteiger partial charge in [0, 0.05) is 12.1 Å². The summed E-state index contributed by atoms with van der Waals surface area (Å²) in [6.07, 6.45) is -8.23. The highest BCUT2D eigenvalue weighted by Crippen LogP contribution is 2.23. The Morgan fingerprint density at radius 2 is 1.76 bits per heavy atom. The number of ether oxygens (including phenoxy) is 1. The Morgan fingerprint density at radius 3 is 2.19 bits per heavy atom. The van der Waals surface area contributed by atoms with E-state index in [1.165, 1.54) is 24.3 Å². The third-order valence-electron chi connectivity index (χ3n) is 2.41. The van der Waals surface area contributed by atoms with Crippen molar-refractivity contribution in [2.45, 2.75) is 45.1 Å². The molecular weight excluding hydrogens is 287 g/mol. The molecule has 0 aromatic heterocycles. The molecule has 0 aliphatic carbocycles. The van der Waals surface area contributed by atoms with E-state index in [1.807, 2.05) is 0 Å². The highest BCUT2D eigenvalue weighted by atomic mass is 19.4. The van der Waals surface area contributed by atoms with Gasteiger partial charge in [0.2, 0.25) is 0 Å². The first-order valence-corrected chi connectivity index (χ1v) is 6.31. The standard InChI is InChI=1S/C14H18F3NO3/c1-13(2,3)21-12(20)18-10-6-4-9(5-7-10)8-11(19)14(15,16)17/h4-7,11,19H,8H2,1-3H3,(H,18,20). The maximum Gasteiger partial charge on any atom is 0.414 e. The van der Waals surface area contributed by atoms with Gasteiger partial charge in [0.1, 0.15) is 5.60 Å². The number of carbonyl (C=O) groups excluding carboxylic acids is 1. The molecule has 0 radical (unpaired) electrons. The van der Waals surface area contributed by atoms with Crippen LogP contribution in [0.1, 0.15) is 26.3 Å². The summed E-state index contributed by atoms with van der Waals surface area (Å²) in [6, 6.07) is 5.70. The van der Waals surface area contributed by atoms with Crippen molar-refractivity contribution in [3.05, 3.63) is 29.8 Å². The van der Waals surface area contributed by atoms with Gasteiger partial charge < -0.3 is 9.84 Å². The molecule has 0 fully saturated rings. The molecule has 1 amide bonds. The Hall–Kier alpha value is -1.76. The van der Waals surface area contributed by atoms with E-state index in [4.69, 9.17) is 9.84 Å². The second-order valence-electron chi connectivity index (χ2n) is 5.59. The summed E-state index contributed by atoms with van der Waals surface area (Å²) in [5, 5.41) is 11.4. The van der Waals surface area contributed by atoms with E-state index < -0.39 is 30.4 Å². The molecule has 0 heterocycles. The first kappa shape index (κ1) is 17.3. The number of amides is 1. The number of hydrogen-bond donors (Lipinski definition) is 2. The van der Waals surface area contributed by atoms with E-state index in [9.17, 15) is 18.0 Å². The number of rotatable bonds is 3. The van der Waals surface area contributed by atoms with Gasteiger partial charge in [0.25, 0.3) is 0 Å². The van der Waals surface area contributed by atoms with E-state index in [0.29, 0.717) is 11.3 Å². The normalized spacial score (nSPS) is 13.7. The summed E-state index contributed by atoms with van der Waals surface area (Å²) in [5.74, 6) is 0. The predicted molar refractivity (Wildman–Crippen MR) is 72.1 cm³/mol. The molecule has 0 bridgehead atoms. The number of nitrogens with one attached hydrogen (secondary N) is 1. The summed E-state index contributed by atoms with van der Waals surface area (Å²) in [6.45, 7) is 5.15. The number of halogens is 3. The van der Waals surface area contributed by atoms with Crippen LogP contribution >= 0.6 is 0 Å². The van der Waals surface area contributed by atoms with Crippen LogP contribution in [0.5, 0.6) is 0 Å². The Labute approximate surface area is 120 Å². The molecule has 2 N–H and O–H groups in total. The van der Waals surface area contributed by atoms with Gasteiger partial charge in [-0.25, -0.2) is 4.79 Å². The van der Waals surface area contributed by atoms with Crippen molar-refractivity contribution < 1.29 is 27.8 Å². The molecule has 1 unspecified atom stereocenters. The van der Waals surface area contributed by atoms with Gasteiger partial charge in [-0.1, -0.05) is 12.1 Å². The fraction of sp³-hybridized carbons (Fsp3) is 0.500. The number of benzene rings is 1. The molecule has 0 saturated heterocycles. The van der Waals surface area contributed by atoms with Crippen LogP contribution in [-0.4, -0.2) is 29.1 Å². The second kappa shape index (κ2) is 6.34. The average molecular weight is 305 g/mol. The molecule has 7 heteroatoms. The van der Waals surface area contributed by atoms with Crippen LogP contribution < -0.4 is 5.32 Å². The van der Waals surface area contributed by atoms with E-state index >= 15 is 0 Å². The largest absolute Gasteiger partial charge is 0.444 e. The van der Waals surface area contributed by atoms with Crippen molar-refractivity contribution in [1.29, 1.82) is 0 Å². The van der Waals surface area contributed by atoms with Crippen molar-refractivity contribution in [1.82, 2.24) is 0 Å². The summed E-state index contributed by atoms with van der Waals surface area (Å²) >= 11 is 0. The van der Waals surface area contributed by atoms with E-state index in [1.54, 1.807) is 20.8 Å². The fourth-order valence-corrected chi connectivity index (χ4v) is 1.48. The smallest absolute Gasteiger partial charge is 0.414 e. The third-order valence-corrected chi connectivity index (χ3v) is 2.41. The van der Waals surface area contributed by atoms with E-state index in [2.05, 4.69) is 5.32 Å². The van der Waals surface area contributed by atoms with Crippen molar-refractivity contribution in [3.8, 4) is 0 Å². The molecule has 21 heavy (non-hydrogen) atoms. The van der Waals surface area contributed by atoms with Gasteiger partial charge >= 0.3 is 12.3 Å². The minimum atomic E-state index is -4.65. The molecule has 1 aromatic carbocycles. The van der Waals surface area contributed by atoms with Gasteiger partial charge in [-0.05, 0) is 38.5 Å². The molecule has 0 aliphatic rings. The Balaban J connectivity index is 2.60. The Kier molecular flexibility index (Phi) is 5.22. The number of hydrogen-bond acceptors (Lipinski definition) is 3. The lowest BCUT2D eigenvalue weighted by Crippen LogP contribution is -2.30. The second-order valence-corrected chi connectivity index (χ2v) is 5.59. The lowest BCUT2D eigenvalue weighted by Gasteiger charge is -2.19. The fourth-order valence-electron chi connectivity index (χ4n) is 1.48. The molecule has 4 nitrogen and oxygen atoms in total. The van der Waals surface area contributed by atoms with E-state index in [-0.39, 0.29) is 0 Å². The zero-order valence-corrected chi connectivity index (χ0v) is 12.0. The van der Waals surface area contributed by atoms with Crippen LogP contribution in [0.25, 0.3) is 0 Å². The van der Waals surface area contributed by atoms with Gasteiger partial charge in [-0.15, -0.1) is 0 Å². The van der Waals surface area contributed by atoms with Crippen molar-refractivity contribution in [2.24, 2.45) is 0 Å². The van der Waals surface area contributed by atoms with Gasteiger partial charge in [0.15, 0.2) is 6.10 Å². The number of carbonyl (C=O) groups is 1. The minimum Gasteiger partial charge on any atom is -0.444 e. The molecule has 1 rings (SSSR count). The molecule has 0 spiro atoms. The monoisotopic (exact) mass is 305 g/mol. The minimum absolute atomic E-state index is 0.314. The Bertz CT molecular complexity index is 478. The molecule has 118 valence electrons. The van der Waals surface area contributed by atoms with Crippen LogP contribution in [0.4, 0.5) is 23.7 Å². The van der Waals surface area contributed by atoms with Crippen molar-refractivity contribution in [3.63, 3.8) is 0 Å². The van der Waals surface area contributed by atoms with Gasteiger partial charge in [-0.3, -0.25) is 5.32 Å². The first-order chi connectivity index (χ1) is 9.47. The van der Waals surface area contributed by atoms with Crippen LogP contribution in [-0.2, 0) is 11.2 Å². The SMILES string of the molecule is CC(C)(C)OC(=O)Nc1ccc(CC(O)C(F)(F)F)cc1. The summed E-state index contributed by atoms with van der Waals surface area (Å²) < 4.78 is 41.7. The number of aliphatic hydroxyl groups is 1. The molecular formula is C14H18F3NO3. The van der Waals surface area contributed by atoms with Gasteiger partial charge in [-0.2, -0.15) is 13.2 Å². The van der Waals surface area contributed by atoms with Crippen molar-refractivity contribution in [2.75, 3.05) is 5.32 Å². The first-order valence-electron chi connectivity index (χ1n) is 6.31. The van der Waals surface area contributed by atoms with Gasteiger partial charge in [0.05, 0.1) is 0 Å². The summed E-state index contributed by atoms with van der Waals surface area (Å²) in [7, 11) is 0. The lowest BCUT2D eigenvalue weighted by molar-refractivity contribution is -0.203. The zero-order chi connectivity index (χ0) is 16.3. The average Bonchev–Trinajstić information content (AvgIpc) is 2.27. The number of anilines is 1. The quantitative estimate of drug-likeness (QED) is 0.898. The Morgan fingerprint density at radius 1 is 1.24 bits per heavy atom. The topological polar surface area (TPSA) is 58.6 Å². The molecule has 1 atom stereocenters. The zero-order valence-electron chi connectivity index (χ0n) is 12.0. The highest BCUT2D eigenvalue weighted by molar-refractivity contribution is 5.84. The summed E-state index contributed by atoms with van der Waals surface area (Å²) in [5.41, 5.74) is 0.0740. The number of aliphatic hydroxyl groups excluding tert-OH is 1. The third kappa shape index (κ3) is 6.48. The highest BCUT2D eigenvalue weighted by Gasteiger charge is 2.37. The maximum absolute atomic E-state index is 12.2. The summed E-state index contributed by atoms with van der Waals surface area (Å²) in [4.78, 5) is 11.5. The molecule has 0 aliphatic heterocycles. The lowest BCUT2D eigenvalue weighted by atomic mass is 10.1. The number of alkyl halides is 3. The van der Waals surface area contributed by atoms with E-state index in [0.717, 1.165) is 0 Å². The van der Waals surface area contributed by atoms with Crippen LogP contribution in [0, 0.1) is 0 Å². The van der Waals surface area contributed by atoms with Crippen LogP contribution in [0.15, 0.2) is 24.3 Å².